The molecule has 0 aliphatic rings. The van der Waals surface area contributed by atoms with Gasteiger partial charge in [-0.2, -0.15) is 0 Å². The van der Waals surface area contributed by atoms with E-state index in [1.54, 1.807) is 6.92 Å². The molecule has 0 amide bonds. The first-order valence-electron chi connectivity index (χ1n) is 5.54. The number of hydrogen-bond acceptors (Lipinski definition) is 4. The summed E-state index contributed by atoms with van der Waals surface area (Å²) in [6, 6.07) is 0. The predicted octanol–water partition coefficient (Wildman–Crippen LogP) is 3.16. The third-order valence-corrected chi connectivity index (χ3v) is 2.19. The van der Waals surface area contributed by atoms with E-state index in [2.05, 4.69) is 29.0 Å². The van der Waals surface area contributed by atoms with E-state index in [0.29, 0.717) is 12.2 Å². The van der Waals surface area contributed by atoms with Gasteiger partial charge in [-0.25, -0.2) is 9.79 Å². The fourth-order valence-electron chi connectivity index (χ4n) is 1.16. The molecule has 0 bridgehead atoms. The second-order valence-corrected chi connectivity index (χ2v) is 3.84. The molecule has 0 radical (unpaired) electrons. The van der Waals surface area contributed by atoms with E-state index in [-0.39, 0.29) is 5.97 Å². The van der Waals surface area contributed by atoms with Crippen LogP contribution in [0.25, 0.3) is 0 Å². The molecule has 0 saturated heterocycles. The van der Waals surface area contributed by atoms with Crippen molar-refractivity contribution in [2.45, 2.75) is 39.0 Å². The number of hydrogen-bond donors (Lipinski definition) is 0. The van der Waals surface area contributed by atoms with Crippen LogP contribution in [0.2, 0.25) is 0 Å². The van der Waals surface area contributed by atoms with E-state index in [1.165, 1.54) is 0 Å². The number of thiocarbonyl (C=S) groups is 1. The zero-order valence-electron chi connectivity index (χ0n) is 9.83. The van der Waals surface area contributed by atoms with Crippen LogP contribution in [0, 0.1) is 0 Å². The lowest BCUT2D eigenvalue weighted by atomic mass is 10.1. The van der Waals surface area contributed by atoms with Gasteiger partial charge in [0.1, 0.15) is 0 Å². The molecule has 0 aliphatic heterocycles. The van der Waals surface area contributed by atoms with E-state index >= 15 is 0 Å². The van der Waals surface area contributed by atoms with E-state index < -0.39 is 0 Å². The van der Waals surface area contributed by atoms with Gasteiger partial charge in [0, 0.05) is 12.1 Å². The van der Waals surface area contributed by atoms with Crippen LogP contribution in [-0.4, -0.2) is 24.3 Å². The summed E-state index contributed by atoms with van der Waals surface area (Å²) in [6.07, 6.45) is 5.31. The molecule has 3 nitrogen and oxygen atoms in total. The number of rotatable bonds is 9. The van der Waals surface area contributed by atoms with Crippen LogP contribution in [0.4, 0.5) is 0 Å². The molecule has 0 unspecified atom stereocenters. The number of carbonyl (C=O) groups is 1. The summed E-state index contributed by atoms with van der Waals surface area (Å²) >= 11 is 4.46. The first kappa shape index (κ1) is 15.0. The maximum absolute atomic E-state index is 11.0. The van der Waals surface area contributed by atoms with Gasteiger partial charge in [-0.1, -0.05) is 25.8 Å². The Kier molecular flexibility index (Phi) is 9.87. The van der Waals surface area contributed by atoms with E-state index in [9.17, 15) is 4.79 Å². The van der Waals surface area contributed by atoms with Crippen molar-refractivity contribution in [1.29, 1.82) is 0 Å². The first-order valence-corrected chi connectivity index (χ1v) is 5.95. The van der Waals surface area contributed by atoms with Crippen molar-refractivity contribution in [3.05, 3.63) is 12.2 Å². The zero-order chi connectivity index (χ0) is 12.2. The van der Waals surface area contributed by atoms with Crippen LogP contribution in [-0.2, 0) is 9.53 Å². The van der Waals surface area contributed by atoms with Gasteiger partial charge in [0.15, 0.2) is 0 Å². The zero-order valence-corrected chi connectivity index (χ0v) is 10.6. The van der Waals surface area contributed by atoms with Crippen molar-refractivity contribution in [2.75, 3.05) is 13.2 Å². The number of isothiocyanates is 1. The van der Waals surface area contributed by atoms with Gasteiger partial charge in [-0.05, 0) is 32.0 Å². The van der Waals surface area contributed by atoms with Gasteiger partial charge in [0.2, 0.25) is 0 Å². The topological polar surface area (TPSA) is 38.7 Å². The normalized spacial score (nSPS) is 9.31. The number of aliphatic imine (C=N–C) groups is 1. The third-order valence-electron chi connectivity index (χ3n) is 2.06. The molecule has 0 atom stereocenters. The molecule has 0 fully saturated rings. The SMILES string of the molecule is C=C(C)C(=O)OCCCCCCCN=C=S. The Hall–Kier alpha value is -0.990. The van der Waals surface area contributed by atoms with Crippen LogP contribution in [0.5, 0.6) is 0 Å². The minimum Gasteiger partial charge on any atom is -0.462 e. The number of esters is 1. The van der Waals surface area contributed by atoms with Gasteiger partial charge < -0.3 is 4.74 Å². The fraction of sp³-hybridized carbons (Fsp3) is 0.667. The highest BCUT2D eigenvalue weighted by Gasteiger charge is 2.01. The molecule has 90 valence electrons. The summed E-state index contributed by atoms with van der Waals surface area (Å²) in [5.41, 5.74) is 0.457. The molecule has 0 aliphatic carbocycles. The average Bonchev–Trinajstić information content (AvgIpc) is 2.26. The molecule has 16 heavy (non-hydrogen) atoms. The Bertz CT molecular complexity index is 270. The minimum atomic E-state index is -0.296. The highest BCUT2D eigenvalue weighted by molar-refractivity contribution is 7.78. The molecule has 0 aromatic carbocycles. The van der Waals surface area contributed by atoms with Crippen LogP contribution >= 0.6 is 12.2 Å². The Morgan fingerprint density at radius 1 is 1.31 bits per heavy atom. The molecular formula is C12H19NO2S. The summed E-state index contributed by atoms with van der Waals surface area (Å²) in [7, 11) is 0. The summed E-state index contributed by atoms with van der Waals surface area (Å²) in [6.45, 7) is 6.43. The largest absolute Gasteiger partial charge is 0.462 e. The van der Waals surface area contributed by atoms with Crippen LogP contribution in [0.15, 0.2) is 17.1 Å². The lowest BCUT2D eigenvalue weighted by molar-refractivity contribution is -0.139. The second-order valence-electron chi connectivity index (χ2n) is 3.66. The van der Waals surface area contributed by atoms with Crippen molar-refractivity contribution in [2.24, 2.45) is 4.99 Å². The van der Waals surface area contributed by atoms with Crippen LogP contribution < -0.4 is 0 Å². The molecule has 0 heterocycles. The van der Waals surface area contributed by atoms with Crippen molar-refractivity contribution >= 4 is 23.3 Å². The maximum atomic E-state index is 11.0. The lowest BCUT2D eigenvalue weighted by Crippen LogP contribution is -2.05. The quantitative estimate of drug-likeness (QED) is 0.205. The Labute approximate surface area is 103 Å². The number of unbranched alkanes of at least 4 members (excludes halogenated alkanes) is 4. The van der Waals surface area contributed by atoms with Gasteiger partial charge in [0.05, 0.1) is 11.8 Å². The minimum absolute atomic E-state index is 0.296. The second kappa shape index (κ2) is 10.5. The molecule has 0 rings (SSSR count). The molecule has 0 spiro atoms. The highest BCUT2D eigenvalue weighted by atomic mass is 32.1. The number of nitrogens with zero attached hydrogens (tertiary/aromatic N) is 1. The smallest absolute Gasteiger partial charge is 0.333 e. The molecule has 4 heteroatoms. The Morgan fingerprint density at radius 3 is 2.56 bits per heavy atom. The summed E-state index contributed by atoms with van der Waals surface area (Å²) in [4.78, 5) is 14.8. The van der Waals surface area contributed by atoms with E-state index in [0.717, 1.165) is 38.6 Å². The van der Waals surface area contributed by atoms with Gasteiger partial charge >= 0.3 is 5.97 Å². The van der Waals surface area contributed by atoms with Crippen molar-refractivity contribution in [3.8, 4) is 0 Å². The van der Waals surface area contributed by atoms with Gasteiger partial charge in [-0.15, -0.1) is 0 Å². The number of carbonyl (C=O) groups excluding carboxylic acids is 1. The maximum Gasteiger partial charge on any atom is 0.333 e. The standard InChI is InChI=1S/C12H19NO2S/c1-11(2)12(14)15-9-7-5-3-4-6-8-13-10-16/h1,3-9H2,2H3. The Balaban J connectivity index is 3.18. The monoisotopic (exact) mass is 241 g/mol. The van der Waals surface area contributed by atoms with E-state index in [4.69, 9.17) is 4.74 Å². The molecule has 0 aromatic rings. The first-order chi connectivity index (χ1) is 7.68. The highest BCUT2D eigenvalue weighted by Crippen LogP contribution is 2.04. The van der Waals surface area contributed by atoms with Crippen LogP contribution in [0.3, 0.4) is 0 Å². The fourth-order valence-corrected chi connectivity index (χ4v) is 1.25. The molecule has 0 aromatic heterocycles. The van der Waals surface area contributed by atoms with Gasteiger partial charge in [-0.3, -0.25) is 0 Å². The van der Waals surface area contributed by atoms with E-state index in [1.807, 2.05) is 0 Å². The molecule has 0 N–H and O–H groups in total. The van der Waals surface area contributed by atoms with Crippen molar-refractivity contribution in [1.82, 2.24) is 0 Å². The van der Waals surface area contributed by atoms with Crippen molar-refractivity contribution < 1.29 is 9.53 Å². The van der Waals surface area contributed by atoms with Crippen molar-refractivity contribution in [3.63, 3.8) is 0 Å². The summed E-state index contributed by atoms with van der Waals surface area (Å²) < 4.78 is 4.97. The molecular weight excluding hydrogens is 222 g/mol. The third kappa shape index (κ3) is 9.56. The van der Waals surface area contributed by atoms with Crippen LogP contribution in [0.1, 0.15) is 39.0 Å². The predicted molar refractivity (Wildman–Crippen MR) is 68.8 cm³/mol. The average molecular weight is 241 g/mol. The molecule has 0 saturated carbocycles. The lowest BCUT2D eigenvalue weighted by Gasteiger charge is -2.03. The summed E-state index contributed by atoms with van der Waals surface area (Å²) in [5, 5.41) is 2.34. The Morgan fingerprint density at radius 2 is 1.94 bits per heavy atom. The number of ether oxygens (including phenoxy) is 1. The van der Waals surface area contributed by atoms with Gasteiger partial charge in [0.25, 0.3) is 0 Å². The summed E-state index contributed by atoms with van der Waals surface area (Å²) in [5.74, 6) is -0.296.